The normalized spacial score (nSPS) is 10.2. The minimum Gasteiger partial charge on any atom is -0.385 e. The minimum atomic E-state index is 0.930. The number of halogens is 1. The third kappa shape index (κ3) is 3.56. The van der Waals surface area contributed by atoms with Gasteiger partial charge >= 0.3 is 0 Å². The Labute approximate surface area is 110 Å². The first-order valence-corrected chi connectivity index (χ1v) is 6.44. The molecule has 1 aromatic carbocycles. The Morgan fingerprint density at radius 2 is 1.94 bits per heavy atom. The summed E-state index contributed by atoms with van der Waals surface area (Å²) >= 11 is 3.53. The van der Waals surface area contributed by atoms with Gasteiger partial charge in [-0.2, -0.15) is 0 Å². The smallest absolute Gasteiger partial charge is 0.0351 e. The van der Waals surface area contributed by atoms with Gasteiger partial charge in [-0.3, -0.25) is 4.98 Å². The number of anilines is 1. The molecule has 0 saturated heterocycles. The van der Waals surface area contributed by atoms with Gasteiger partial charge in [-0.25, -0.2) is 0 Å². The zero-order chi connectivity index (χ0) is 12.1. The van der Waals surface area contributed by atoms with E-state index >= 15 is 0 Å². The van der Waals surface area contributed by atoms with Crippen molar-refractivity contribution in [3.05, 3.63) is 58.3 Å². The molecule has 0 spiro atoms. The molecule has 2 rings (SSSR count). The molecule has 2 nitrogen and oxygen atoms in total. The molecule has 0 amide bonds. The summed E-state index contributed by atoms with van der Waals surface area (Å²) in [6.45, 7) is 3.02. The van der Waals surface area contributed by atoms with E-state index in [0.717, 1.165) is 23.1 Å². The largest absolute Gasteiger partial charge is 0.385 e. The molecule has 0 fully saturated rings. The van der Waals surface area contributed by atoms with Crippen molar-refractivity contribution < 1.29 is 0 Å². The zero-order valence-corrected chi connectivity index (χ0v) is 11.4. The summed E-state index contributed by atoms with van der Waals surface area (Å²) in [4.78, 5) is 4.01. The number of nitrogens with zero attached hydrogens (tertiary/aromatic N) is 1. The molecular weight excluding hydrogens is 276 g/mol. The molecule has 17 heavy (non-hydrogen) atoms. The molecule has 0 aliphatic heterocycles. The Morgan fingerprint density at radius 1 is 1.18 bits per heavy atom. The van der Waals surface area contributed by atoms with Crippen molar-refractivity contribution in [2.24, 2.45) is 0 Å². The maximum Gasteiger partial charge on any atom is 0.0351 e. The minimum absolute atomic E-state index is 0.930. The topological polar surface area (TPSA) is 24.9 Å². The van der Waals surface area contributed by atoms with Crippen LogP contribution in [0.3, 0.4) is 0 Å². The Hall–Kier alpha value is -1.35. The van der Waals surface area contributed by atoms with Crippen LogP contribution in [0.15, 0.2) is 47.2 Å². The average molecular weight is 291 g/mol. The van der Waals surface area contributed by atoms with Gasteiger partial charge in [-0.05, 0) is 48.7 Å². The van der Waals surface area contributed by atoms with Gasteiger partial charge in [0.2, 0.25) is 0 Å². The van der Waals surface area contributed by atoms with Gasteiger partial charge in [0.05, 0.1) is 0 Å². The summed E-state index contributed by atoms with van der Waals surface area (Å²) in [5.41, 5.74) is 3.71. The number of aromatic nitrogens is 1. The Morgan fingerprint density at radius 3 is 2.65 bits per heavy atom. The highest BCUT2D eigenvalue weighted by atomic mass is 79.9. The van der Waals surface area contributed by atoms with E-state index in [1.807, 2.05) is 24.5 Å². The lowest BCUT2D eigenvalue weighted by Gasteiger charge is -2.08. The van der Waals surface area contributed by atoms with E-state index in [-0.39, 0.29) is 0 Å². The van der Waals surface area contributed by atoms with Crippen LogP contribution in [0, 0.1) is 6.92 Å². The van der Waals surface area contributed by atoms with Crippen LogP contribution in [-0.2, 0) is 6.42 Å². The lowest BCUT2D eigenvalue weighted by Crippen LogP contribution is -2.04. The van der Waals surface area contributed by atoms with Crippen LogP contribution >= 0.6 is 15.9 Å². The van der Waals surface area contributed by atoms with Gasteiger partial charge in [0.1, 0.15) is 0 Å². The van der Waals surface area contributed by atoms with Crippen LogP contribution < -0.4 is 5.32 Å². The number of aryl methyl sites for hydroxylation is 1. The standard InChI is InChI=1S/C14H15BrN2/c1-11-2-3-13(10-14(11)15)17-9-6-12-4-7-16-8-5-12/h2-5,7-8,10,17H,6,9H2,1H3. The second kappa shape index (κ2) is 5.82. The summed E-state index contributed by atoms with van der Waals surface area (Å²) in [7, 11) is 0. The molecule has 88 valence electrons. The van der Waals surface area contributed by atoms with Crippen molar-refractivity contribution in [2.75, 3.05) is 11.9 Å². The molecule has 1 aromatic heterocycles. The summed E-state index contributed by atoms with van der Waals surface area (Å²) in [6.07, 6.45) is 4.67. The molecule has 0 radical (unpaired) electrons. The van der Waals surface area contributed by atoms with E-state index in [2.05, 4.69) is 51.4 Å². The summed E-state index contributed by atoms with van der Waals surface area (Å²) in [6, 6.07) is 10.4. The lowest BCUT2D eigenvalue weighted by molar-refractivity contribution is 1.01. The Balaban J connectivity index is 1.88. The maximum atomic E-state index is 4.01. The van der Waals surface area contributed by atoms with Gasteiger partial charge < -0.3 is 5.32 Å². The van der Waals surface area contributed by atoms with Crippen LogP contribution in [0.4, 0.5) is 5.69 Å². The van der Waals surface area contributed by atoms with Crippen molar-refractivity contribution in [1.29, 1.82) is 0 Å². The first-order valence-electron chi connectivity index (χ1n) is 5.64. The van der Waals surface area contributed by atoms with E-state index in [4.69, 9.17) is 0 Å². The summed E-state index contributed by atoms with van der Waals surface area (Å²) < 4.78 is 1.14. The fraction of sp³-hybridized carbons (Fsp3) is 0.214. The predicted molar refractivity (Wildman–Crippen MR) is 75.3 cm³/mol. The fourth-order valence-corrected chi connectivity index (χ4v) is 1.98. The average Bonchev–Trinajstić information content (AvgIpc) is 2.35. The van der Waals surface area contributed by atoms with Gasteiger partial charge in [0.25, 0.3) is 0 Å². The number of pyridine rings is 1. The van der Waals surface area contributed by atoms with Crippen LogP contribution in [0.5, 0.6) is 0 Å². The molecular formula is C14H15BrN2. The first kappa shape index (κ1) is 12.1. The summed E-state index contributed by atoms with van der Waals surface area (Å²) in [5, 5.41) is 3.41. The molecule has 1 N–H and O–H groups in total. The van der Waals surface area contributed by atoms with E-state index in [0.29, 0.717) is 0 Å². The van der Waals surface area contributed by atoms with E-state index in [1.54, 1.807) is 0 Å². The maximum absolute atomic E-state index is 4.01. The molecule has 0 aliphatic rings. The van der Waals surface area contributed by atoms with E-state index < -0.39 is 0 Å². The lowest BCUT2D eigenvalue weighted by atomic mass is 10.2. The number of benzene rings is 1. The highest BCUT2D eigenvalue weighted by Gasteiger charge is 1.97. The van der Waals surface area contributed by atoms with Crippen molar-refractivity contribution in [3.8, 4) is 0 Å². The van der Waals surface area contributed by atoms with Crippen molar-refractivity contribution >= 4 is 21.6 Å². The number of hydrogen-bond donors (Lipinski definition) is 1. The van der Waals surface area contributed by atoms with Gasteiger partial charge in [-0.1, -0.05) is 22.0 Å². The van der Waals surface area contributed by atoms with E-state index in [1.165, 1.54) is 11.1 Å². The third-order valence-corrected chi connectivity index (χ3v) is 3.52. The van der Waals surface area contributed by atoms with Gasteiger partial charge in [0, 0.05) is 29.1 Å². The summed E-state index contributed by atoms with van der Waals surface area (Å²) in [5.74, 6) is 0. The number of nitrogens with one attached hydrogen (secondary N) is 1. The monoisotopic (exact) mass is 290 g/mol. The van der Waals surface area contributed by atoms with Crippen molar-refractivity contribution in [3.63, 3.8) is 0 Å². The zero-order valence-electron chi connectivity index (χ0n) is 9.78. The van der Waals surface area contributed by atoms with Crippen molar-refractivity contribution in [1.82, 2.24) is 4.98 Å². The molecule has 2 aromatic rings. The molecule has 0 bridgehead atoms. The highest BCUT2D eigenvalue weighted by Crippen LogP contribution is 2.20. The van der Waals surface area contributed by atoms with Crippen molar-refractivity contribution in [2.45, 2.75) is 13.3 Å². The molecule has 0 atom stereocenters. The fourth-order valence-electron chi connectivity index (χ4n) is 1.60. The van der Waals surface area contributed by atoms with E-state index in [9.17, 15) is 0 Å². The van der Waals surface area contributed by atoms with Crippen LogP contribution in [0.1, 0.15) is 11.1 Å². The van der Waals surface area contributed by atoms with Crippen LogP contribution in [-0.4, -0.2) is 11.5 Å². The van der Waals surface area contributed by atoms with Crippen LogP contribution in [0.2, 0.25) is 0 Å². The predicted octanol–water partition coefficient (Wildman–Crippen LogP) is 3.81. The Bertz CT molecular complexity index is 483. The third-order valence-electron chi connectivity index (χ3n) is 2.66. The molecule has 1 heterocycles. The van der Waals surface area contributed by atoms with Gasteiger partial charge in [0.15, 0.2) is 0 Å². The van der Waals surface area contributed by atoms with Crippen LogP contribution in [0.25, 0.3) is 0 Å². The Kier molecular flexibility index (Phi) is 4.15. The SMILES string of the molecule is Cc1ccc(NCCc2ccncc2)cc1Br. The number of hydrogen-bond acceptors (Lipinski definition) is 2. The highest BCUT2D eigenvalue weighted by molar-refractivity contribution is 9.10. The first-order chi connectivity index (χ1) is 8.25. The quantitative estimate of drug-likeness (QED) is 0.926. The molecule has 3 heteroatoms. The van der Waals surface area contributed by atoms with Gasteiger partial charge in [-0.15, -0.1) is 0 Å². The molecule has 0 unspecified atom stereocenters. The number of rotatable bonds is 4. The molecule has 0 aliphatic carbocycles. The second-order valence-corrected chi connectivity index (χ2v) is 4.85. The molecule has 0 saturated carbocycles. The second-order valence-electron chi connectivity index (χ2n) is 4.00.